The van der Waals surface area contributed by atoms with Crippen molar-refractivity contribution >= 4 is 29.2 Å². The fraction of sp³-hybridized carbons (Fsp3) is 0.500. The van der Waals surface area contributed by atoms with E-state index in [0.717, 1.165) is 54.0 Å². The standard InChI is InChI=1S/C15H19NO4.C11H13NO3.2C2H6/c1-3-19-15(18)9-13-6-4-11-8-12(16-10(2)17)5-7-14(11)20-13;12-8-2-4-10-7(5-8)1-3-9(15-10)6-11(13)14;2*1-2/h5,7-8,13H,3-4,6,9H2,1-2H3,(H,16,17);2,4-5,9H,1,3,6,12H2,(H,13,14);2*1-2H3. The third-order valence-corrected chi connectivity index (χ3v) is 5.63. The molecule has 4 rings (SSSR count). The van der Waals surface area contributed by atoms with Crippen molar-refractivity contribution < 1.29 is 33.7 Å². The Bertz CT molecular complexity index is 1070. The number of ether oxygens (including phenoxy) is 3. The van der Waals surface area contributed by atoms with Crippen molar-refractivity contribution in [3.8, 4) is 11.5 Å². The molecule has 0 saturated carbocycles. The molecule has 9 heteroatoms. The Morgan fingerprint density at radius 3 is 2.00 bits per heavy atom. The molecule has 4 N–H and O–H groups in total. The predicted octanol–water partition coefficient (Wildman–Crippen LogP) is 5.78. The van der Waals surface area contributed by atoms with Gasteiger partial charge in [0, 0.05) is 18.3 Å². The van der Waals surface area contributed by atoms with Gasteiger partial charge in [-0.25, -0.2) is 0 Å². The molecule has 0 spiro atoms. The molecule has 39 heavy (non-hydrogen) atoms. The van der Waals surface area contributed by atoms with Crippen LogP contribution < -0.4 is 20.5 Å². The molecule has 0 aromatic heterocycles. The van der Waals surface area contributed by atoms with E-state index in [9.17, 15) is 14.4 Å². The molecule has 2 heterocycles. The molecule has 0 bridgehead atoms. The third kappa shape index (κ3) is 11.7. The van der Waals surface area contributed by atoms with Crippen molar-refractivity contribution in [1.29, 1.82) is 0 Å². The highest BCUT2D eigenvalue weighted by Gasteiger charge is 2.23. The van der Waals surface area contributed by atoms with Crippen LogP contribution in [0.1, 0.15) is 78.4 Å². The molecule has 0 aliphatic carbocycles. The summed E-state index contributed by atoms with van der Waals surface area (Å²) in [6, 6.07) is 11.0. The zero-order chi connectivity index (χ0) is 29.4. The Morgan fingerprint density at radius 1 is 0.923 bits per heavy atom. The lowest BCUT2D eigenvalue weighted by atomic mass is 10.00. The molecule has 216 valence electrons. The minimum atomic E-state index is -0.820. The summed E-state index contributed by atoms with van der Waals surface area (Å²) in [7, 11) is 0. The number of benzene rings is 2. The summed E-state index contributed by atoms with van der Waals surface area (Å²) in [5.74, 6) is 0.401. The first kappa shape index (κ1) is 33.3. The van der Waals surface area contributed by atoms with Crippen molar-refractivity contribution in [2.45, 2.75) is 92.3 Å². The van der Waals surface area contributed by atoms with Crippen molar-refractivity contribution in [2.24, 2.45) is 0 Å². The van der Waals surface area contributed by atoms with Gasteiger partial charge in [0.1, 0.15) is 23.7 Å². The van der Waals surface area contributed by atoms with E-state index in [-0.39, 0.29) is 36.9 Å². The van der Waals surface area contributed by atoms with E-state index in [0.29, 0.717) is 12.3 Å². The molecular formula is C30H44N2O7. The number of fused-ring (bicyclic) bond motifs is 2. The predicted molar refractivity (Wildman–Crippen MR) is 153 cm³/mol. The maximum atomic E-state index is 11.4. The number of hydrogen-bond donors (Lipinski definition) is 3. The van der Waals surface area contributed by atoms with Crippen LogP contribution in [0.2, 0.25) is 0 Å². The number of amides is 1. The van der Waals surface area contributed by atoms with Crippen LogP contribution in [0.25, 0.3) is 0 Å². The van der Waals surface area contributed by atoms with Gasteiger partial charge in [0.05, 0.1) is 19.4 Å². The molecule has 2 atom stereocenters. The normalized spacial score (nSPS) is 16.3. The minimum Gasteiger partial charge on any atom is -0.490 e. The van der Waals surface area contributed by atoms with Gasteiger partial charge in [0.15, 0.2) is 0 Å². The number of carboxylic acid groups (broad SMARTS) is 1. The van der Waals surface area contributed by atoms with Crippen LogP contribution in [0.4, 0.5) is 11.4 Å². The summed E-state index contributed by atoms with van der Waals surface area (Å²) >= 11 is 0. The van der Waals surface area contributed by atoms with E-state index in [1.807, 2.05) is 45.9 Å². The van der Waals surface area contributed by atoms with E-state index in [1.165, 1.54) is 6.92 Å². The molecular weight excluding hydrogens is 500 g/mol. The molecule has 0 saturated heterocycles. The number of nitrogen functional groups attached to an aromatic ring is 1. The van der Waals surface area contributed by atoms with E-state index in [2.05, 4.69) is 5.32 Å². The average molecular weight is 545 g/mol. The number of nitrogens with two attached hydrogens (primary N) is 1. The van der Waals surface area contributed by atoms with Gasteiger partial charge < -0.3 is 30.4 Å². The van der Waals surface area contributed by atoms with Crippen molar-refractivity contribution in [3.63, 3.8) is 0 Å². The molecule has 2 aliphatic rings. The number of rotatable bonds is 6. The van der Waals surface area contributed by atoms with Crippen LogP contribution in [-0.2, 0) is 32.0 Å². The Kier molecular flexibility index (Phi) is 15.1. The molecule has 0 fully saturated rings. The van der Waals surface area contributed by atoms with Crippen LogP contribution in [0, 0.1) is 0 Å². The maximum Gasteiger partial charge on any atom is 0.309 e. The van der Waals surface area contributed by atoms with Crippen LogP contribution in [0.3, 0.4) is 0 Å². The fourth-order valence-corrected chi connectivity index (χ4v) is 4.08. The quantitative estimate of drug-likeness (QED) is 0.307. The molecule has 9 nitrogen and oxygen atoms in total. The number of anilines is 2. The van der Waals surface area contributed by atoms with E-state index < -0.39 is 5.97 Å². The van der Waals surface area contributed by atoms with Crippen molar-refractivity contribution in [1.82, 2.24) is 0 Å². The average Bonchev–Trinajstić information content (AvgIpc) is 2.91. The zero-order valence-corrected chi connectivity index (χ0v) is 24.0. The van der Waals surface area contributed by atoms with Gasteiger partial charge >= 0.3 is 11.9 Å². The van der Waals surface area contributed by atoms with Gasteiger partial charge in [-0.05, 0) is 80.1 Å². The number of carbonyl (C=O) groups excluding carboxylic acids is 2. The number of aliphatic carboxylic acids is 1. The van der Waals surface area contributed by atoms with Crippen molar-refractivity contribution in [2.75, 3.05) is 17.7 Å². The largest absolute Gasteiger partial charge is 0.490 e. The fourth-order valence-electron chi connectivity index (χ4n) is 4.08. The molecule has 2 unspecified atom stereocenters. The topological polar surface area (TPSA) is 137 Å². The van der Waals surface area contributed by atoms with Gasteiger partial charge in [-0.2, -0.15) is 0 Å². The SMILES string of the molecule is CC.CC.CCOC(=O)CC1CCc2cc(NC(C)=O)ccc2O1.Nc1ccc2c(c1)CCC(CC(=O)O)O2. The smallest absolute Gasteiger partial charge is 0.309 e. The highest BCUT2D eigenvalue weighted by Crippen LogP contribution is 2.31. The second-order valence-electron chi connectivity index (χ2n) is 8.53. The van der Waals surface area contributed by atoms with Crippen LogP contribution in [-0.4, -0.2) is 41.8 Å². The van der Waals surface area contributed by atoms with Gasteiger partial charge in [0.25, 0.3) is 0 Å². The number of carboxylic acids is 1. The highest BCUT2D eigenvalue weighted by atomic mass is 16.5. The van der Waals surface area contributed by atoms with E-state index in [1.54, 1.807) is 25.1 Å². The van der Waals surface area contributed by atoms with Crippen LogP contribution >= 0.6 is 0 Å². The van der Waals surface area contributed by atoms with Crippen LogP contribution in [0.5, 0.6) is 11.5 Å². The monoisotopic (exact) mass is 544 g/mol. The summed E-state index contributed by atoms with van der Waals surface area (Å²) in [6.07, 6.45) is 3.17. The first-order valence-corrected chi connectivity index (χ1v) is 13.7. The number of aryl methyl sites for hydroxylation is 2. The van der Waals surface area contributed by atoms with E-state index in [4.69, 9.17) is 25.1 Å². The summed E-state index contributed by atoms with van der Waals surface area (Å²) in [5.41, 5.74) is 9.25. The molecule has 0 radical (unpaired) electrons. The minimum absolute atomic E-state index is 0.0593. The second-order valence-corrected chi connectivity index (χ2v) is 8.53. The van der Waals surface area contributed by atoms with Gasteiger partial charge in [-0.15, -0.1) is 0 Å². The Hall–Kier alpha value is -3.75. The van der Waals surface area contributed by atoms with Crippen LogP contribution in [0.15, 0.2) is 36.4 Å². The zero-order valence-electron chi connectivity index (χ0n) is 24.0. The van der Waals surface area contributed by atoms with Gasteiger partial charge in [-0.3, -0.25) is 14.4 Å². The third-order valence-electron chi connectivity index (χ3n) is 5.63. The summed E-state index contributed by atoms with van der Waals surface area (Å²) in [4.78, 5) is 33.0. The number of esters is 1. The van der Waals surface area contributed by atoms with Gasteiger partial charge in [0.2, 0.25) is 5.91 Å². The first-order valence-electron chi connectivity index (χ1n) is 13.7. The van der Waals surface area contributed by atoms with Gasteiger partial charge in [-0.1, -0.05) is 27.7 Å². The Morgan fingerprint density at radius 2 is 1.46 bits per heavy atom. The molecule has 2 aliphatic heterocycles. The summed E-state index contributed by atoms with van der Waals surface area (Å²) in [6.45, 7) is 11.7. The number of hydrogen-bond acceptors (Lipinski definition) is 7. The lowest BCUT2D eigenvalue weighted by molar-refractivity contribution is -0.145. The van der Waals surface area contributed by atoms with E-state index >= 15 is 0 Å². The first-order chi connectivity index (χ1) is 18.7. The lowest BCUT2D eigenvalue weighted by Crippen LogP contribution is -2.26. The Labute approximate surface area is 232 Å². The summed E-state index contributed by atoms with van der Waals surface area (Å²) < 4.78 is 16.3. The lowest BCUT2D eigenvalue weighted by Gasteiger charge is -2.26. The molecule has 1 amide bonds. The highest BCUT2D eigenvalue weighted by molar-refractivity contribution is 5.88. The molecule has 2 aromatic rings. The summed E-state index contributed by atoms with van der Waals surface area (Å²) in [5, 5.41) is 11.4. The number of nitrogens with one attached hydrogen (secondary N) is 1. The second kappa shape index (κ2) is 17.7. The van der Waals surface area contributed by atoms with Crippen molar-refractivity contribution in [3.05, 3.63) is 47.5 Å². The molecule has 2 aromatic carbocycles. The maximum absolute atomic E-state index is 11.4. The Balaban J connectivity index is 0.000000356. The number of carbonyl (C=O) groups is 3.